The van der Waals surface area contributed by atoms with Gasteiger partial charge in [0.2, 0.25) is 0 Å². The number of hydrogen-bond acceptors (Lipinski definition) is 0. The van der Waals surface area contributed by atoms with Crippen LogP contribution in [0, 0.1) is 24.4 Å². The SMILES string of the molecule is Cc1ccccc1CC(Br)c1cc(F)c(F)c(F)c1. The van der Waals surface area contributed by atoms with Gasteiger partial charge in [-0.25, -0.2) is 13.2 Å². The van der Waals surface area contributed by atoms with Crippen molar-refractivity contribution in [3.05, 3.63) is 70.5 Å². The zero-order valence-electron chi connectivity index (χ0n) is 10.3. The lowest BCUT2D eigenvalue weighted by Gasteiger charge is -2.13. The maximum Gasteiger partial charge on any atom is 0.194 e. The van der Waals surface area contributed by atoms with Gasteiger partial charge in [0.1, 0.15) is 0 Å². The summed E-state index contributed by atoms with van der Waals surface area (Å²) in [6, 6.07) is 9.82. The average molecular weight is 329 g/mol. The van der Waals surface area contributed by atoms with Crippen molar-refractivity contribution in [2.75, 3.05) is 0 Å². The highest BCUT2D eigenvalue weighted by Gasteiger charge is 2.16. The summed E-state index contributed by atoms with van der Waals surface area (Å²) in [5.74, 6) is -3.76. The van der Waals surface area contributed by atoms with Crippen molar-refractivity contribution in [2.24, 2.45) is 0 Å². The standard InChI is InChI=1S/C15H12BrF3/c1-9-4-2-3-5-10(9)6-12(16)11-7-13(17)15(19)14(18)8-11/h2-5,7-8,12H,6H2,1H3. The highest BCUT2D eigenvalue weighted by Crippen LogP contribution is 2.30. The van der Waals surface area contributed by atoms with Crippen molar-refractivity contribution in [3.8, 4) is 0 Å². The second kappa shape index (κ2) is 5.78. The Bertz CT molecular complexity index is 573. The minimum atomic E-state index is -1.43. The van der Waals surface area contributed by atoms with E-state index in [0.717, 1.165) is 23.3 Å². The number of halogens is 4. The molecule has 0 spiro atoms. The monoisotopic (exact) mass is 328 g/mol. The Balaban J connectivity index is 2.26. The summed E-state index contributed by atoms with van der Waals surface area (Å²) in [6.07, 6.45) is 0.581. The van der Waals surface area contributed by atoms with Gasteiger partial charge in [-0.3, -0.25) is 0 Å². The van der Waals surface area contributed by atoms with Crippen LogP contribution < -0.4 is 0 Å². The van der Waals surface area contributed by atoms with Crippen molar-refractivity contribution in [1.29, 1.82) is 0 Å². The summed E-state index contributed by atoms with van der Waals surface area (Å²) in [7, 11) is 0. The van der Waals surface area contributed by atoms with E-state index in [-0.39, 0.29) is 4.83 Å². The van der Waals surface area contributed by atoms with Gasteiger partial charge >= 0.3 is 0 Å². The summed E-state index contributed by atoms with van der Waals surface area (Å²) in [5.41, 5.74) is 2.57. The quantitative estimate of drug-likeness (QED) is 0.543. The first-order chi connectivity index (χ1) is 8.99. The van der Waals surface area contributed by atoms with E-state index in [4.69, 9.17) is 0 Å². The number of benzene rings is 2. The lowest BCUT2D eigenvalue weighted by Crippen LogP contribution is -2.01. The second-order valence-corrected chi connectivity index (χ2v) is 5.50. The van der Waals surface area contributed by atoms with Crippen LogP contribution in [0.2, 0.25) is 0 Å². The van der Waals surface area contributed by atoms with Crippen LogP contribution in [0.1, 0.15) is 21.5 Å². The molecule has 2 aromatic carbocycles. The van der Waals surface area contributed by atoms with E-state index in [0.29, 0.717) is 12.0 Å². The first kappa shape index (κ1) is 14.1. The Morgan fingerprint density at radius 2 is 1.63 bits per heavy atom. The molecule has 2 aromatic rings. The number of alkyl halides is 1. The van der Waals surface area contributed by atoms with Crippen molar-refractivity contribution in [1.82, 2.24) is 0 Å². The molecule has 0 saturated carbocycles. The van der Waals surface area contributed by atoms with Crippen molar-refractivity contribution < 1.29 is 13.2 Å². The minimum Gasteiger partial charge on any atom is -0.204 e. The normalized spacial score (nSPS) is 12.5. The molecule has 0 saturated heterocycles. The molecule has 0 fully saturated rings. The summed E-state index contributed by atoms with van der Waals surface area (Å²) in [5, 5.41) is 0. The van der Waals surface area contributed by atoms with Crippen molar-refractivity contribution in [3.63, 3.8) is 0 Å². The van der Waals surface area contributed by atoms with Crippen molar-refractivity contribution in [2.45, 2.75) is 18.2 Å². The number of hydrogen-bond donors (Lipinski definition) is 0. The topological polar surface area (TPSA) is 0 Å². The molecular weight excluding hydrogens is 317 g/mol. The van der Waals surface area contributed by atoms with Gasteiger partial charge in [-0.05, 0) is 42.2 Å². The fraction of sp³-hybridized carbons (Fsp3) is 0.200. The molecule has 0 aliphatic carbocycles. The predicted octanol–water partition coefficient (Wildman–Crippen LogP) is 5.09. The Hall–Kier alpha value is -1.29. The van der Waals surface area contributed by atoms with Gasteiger partial charge in [-0.15, -0.1) is 0 Å². The van der Waals surface area contributed by atoms with Gasteiger partial charge in [0.05, 0.1) is 0 Å². The van der Waals surface area contributed by atoms with Gasteiger partial charge in [0, 0.05) is 4.83 Å². The van der Waals surface area contributed by atoms with E-state index in [2.05, 4.69) is 15.9 Å². The predicted molar refractivity (Wildman–Crippen MR) is 72.9 cm³/mol. The molecule has 0 nitrogen and oxygen atoms in total. The molecule has 1 unspecified atom stereocenters. The van der Waals surface area contributed by atoms with E-state index < -0.39 is 17.5 Å². The lowest BCUT2D eigenvalue weighted by molar-refractivity contribution is 0.445. The van der Waals surface area contributed by atoms with Gasteiger partial charge in [0.15, 0.2) is 17.5 Å². The zero-order valence-corrected chi connectivity index (χ0v) is 11.8. The molecule has 4 heteroatoms. The van der Waals surface area contributed by atoms with Crippen LogP contribution in [0.4, 0.5) is 13.2 Å². The smallest absolute Gasteiger partial charge is 0.194 e. The van der Waals surface area contributed by atoms with Crippen LogP contribution in [0.15, 0.2) is 36.4 Å². The molecule has 0 aliphatic heterocycles. The minimum absolute atomic E-state index is 0.266. The van der Waals surface area contributed by atoms with Gasteiger partial charge < -0.3 is 0 Å². The highest BCUT2D eigenvalue weighted by atomic mass is 79.9. The van der Waals surface area contributed by atoms with Gasteiger partial charge in [-0.1, -0.05) is 40.2 Å². The molecule has 0 heterocycles. The Morgan fingerprint density at radius 1 is 1.05 bits per heavy atom. The third-order valence-corrected chi connectivity index (χ3v) is 3.88. The average Bonchev–Trinajstić information content (AvgIpc) is 2.38. The molecule has 0 aromatic heterocycles. The molecule has 0 N–H and O–H groups in total. The Morgan fingerprint density at radius 3 is 2.21 bits per heavy atom. The molecule has 100 valence electrons. The van der Waals surface area contributed by atoms with Crippen LogP contribution >= 0.6 is 15.9 Å². The first-order valence-corrected chi connectivity index (χ1v) is 6.73. The second-order valence-electron chi connectivity index (χ2n) is 4.40. The third kappa shape index (κ3) is 3.18. The Kier molecular flexibility index (Phi) is 4.30. The first-order valence-electron chi connectivity index (χ1n) is 5.82. The van der Waals surface area contributed by atoms with Crippen LogP contribution in [0.25, 0.3) is 0 Å². The van der Waals surface area contributed by atoms with E-state index in [1.807, 2.05) is 31.2 Å². The van der Waals surface area contributed by atoms with Crippen LogP contribution in [-0.2, 0) is 6.42 Å². The summed E-state index contributed by atoms with van der Waals surface area (Å²) in [6.45, 7) is 1.97. The number of rotatable bonds is 3. The molecule has 19 heavy (non-hydrogen) atoms. The molecule has 0 radical (unpaired) electrons. The third-order valence-electron chi connectivity index (χ3n) is 3.03. The molecule has 0 aliphatic rings. The van der Waals surface area contributed by atoms with Crippen LogP contribution in [0.3, 0.4) is 0 Å². The van der Waals surface area contributed by atoms with Crippen molar-refractivity contribution >= 4 is 15.9 Å². The van der Waals surface area contributed by atoms with E-state index in [1.54, 1.807) is 0 Å². The van der Waals surface area contributed by atoms with Crippen LogP contribution in [-0.4, -0.2) is 0 Å². The molecule has 0 amide bonds. The fourth-order valence-corrected chi connectivity index (χ4v) is 2.52. The Labute approximate surface area is 118 Å². The maximum atomic E-state index is 13.2. The molecular formula is C15H12BrF3. The lowest BCUT2D eigenvalue weighted by atomic mass is 10.0. The fourth-order valence-electron chi connectivity index (χ4n) is 1.91. The molecule has 0 bridgehead atoms. The largest absolute Gasteiger partial charge is 0.204 e. The summed E-state index contributed by atoms with van der Waals surface area (Å²) in [4.78, 5) is -0.266. The maximum absolute atomic E-state index is 13.2. The van der Waals surface area contributed by atoms with E-state index >= 15 is 0 Å². The van der Waals surface area contributed by atoms with Crippen LogP contribution in [0.5, 0.6) is 0 Å². The number of aryl methyl sites for hydroxylation is 1. The highest BCUT2D eigenvalue weighted by molar-refractivity contribution is 9.09. The molecule has 1 atom stereocenters. The summed E-state index contributed by atoms with van der Waals surface area (Å²) < 4.78 is 39.3. The zero-order chi connectivity index (χ0) is 14.0. The molecule has 2 rings (SSSR count). The van der Waals surface area contributed by atoms with Gasteiger partial charge in [-0.2, -0.15) is 0 Å². The summed E-state index contributed by atoms with van der Waals surface area (Å²) >= 11 is 3.39. The van der Waals surface area contributed by atoms with E-state index in [1.165, 1.54) is 0 Å². The van der Waals surface area contributed by atoms with E-state index in [9.17, 15) is 13.2 Å². The van der Waals surface area contributed by atoms with Gasteiger partial charge in [0.25, 0.3) is 0 Å².